The molecule has 1 aliphatic rings. The van der Waals surface area contributed by atoms with Gasteiger partial charge in [0.15, 0.2) is 0 Å². The van der Waals surface area contributed by atoms with Crippen molar-refractivity contribution in [2.75, 3.05) is 35.6 Å². The maximum Gasteiger partial charge on any atom is 0.262 e. The van der Waals surface area contributed by atoms with Crippen LogP contribution in [0.3, 0.4) is 0 Å². The third-order valence-corrected chi connectivity index (χ3v) is 6.10. The molecular formula is C19H26N4O3S. The number of hydrogen-bond donors (Lipinski definition) is 3. The van der Waals surface area contributed by atoms with Crippen LogP contribution in [0, 0.1) is 0 Å². The molecule has 2 aromatic rings. The Bertz CT molecular complexity index is 917. The molecule has 7 nitrogen and oxygen atoms in total. The quantitative estimate of drug-likeness (QED) is 0.678. The number of sulfonamides is 1. The van der Waals surface area contributed by atoms with Crippen molar-refractivity contribution in [3.63, 3.8) is 0 Å². The van der Waals surface area contributed by atoms with Crippen LogP contribution in [0.1, 0.15) is 13.8 Å². The van der Waals surface area contributed by atoms with E-state index in [1.54, 1.807) is 36.4 Å². The average molecular weight is 391 g/mol. The summed E-state index contributed by atoms with van der Waals surface area (Å²) >= 11 is 0. The van der Waals surface area contributed by atoms with Crippen molar-refractivity contribution >= 4 is 27.1 Å². The van der Waals surface area contributed by atoms with Gasteiger partial charge in [0.05, 0.1) is 29.1 Å². The lowest BCUT2D eigenvalue weighted by atomic mass is 10.1. The van der Waals surface area contributed by atoms with Gasteiger partial charge in [-0.05, 0) is 44.2 Å². The molecule has 8 heteroatoms. The van der Waals surface area contributed by atoms with E-state index in [9.17, 15) is 8.42 Å². The van der Waals surface area contributed by atoms with Gasteiger partial charge in [0.1, 0.15) is 5.75 Å². The van der Waals surface area contributed by atoms with Gasteiger partial charge in [-0.2, -0.15) is 0 Å². The van der Waals surface area contributed by atoms with Crippen molar-refractivity contribution in [2.24, 2.45) is 0 Å². The Kier molecular flexibility index (Phi) is 5.48. The number of rotatable bonds is 5. The molecule has 3 rings (SSSR count). The molecule has 1 saturated heterocycles. The molecule has 0 aromatic heterocycles. The van der Waals surface area contributed by atoms with E-state index in [2.05, 4.69) is 28.8 Å². The van der Waals surface area contributed by atoms with E-state index in [1.165, 1.54) is 13.2 Å². The van der Waals surface area contributed by atoms with Gasteiger partial charge in [-0.15, -0.1) is 0 Å². The molecule has 27 heavy (non-hydrogen) atoms. The molecular weight excluding hydrogens is 364 g/mol. The molecule has 1 aliphatic heterocycles. The molecule has 0 saturated carbocycles. The first-order chi connectivity index (χ1) is 12.8. The second-order valence-electron chi connectivity index (χ2n) is 6.84. The fourth-order valence-electron chi connectivity index (χ4n) is 3.25. The summed E-state index contributed by atoms with van der Waals surface area (Å²) in [6.07, 6.45) is 0. The van der Waals surface area contributed by atoms with E-state index in [0.717, 1.165) is 18.8 Å². The minimum Gasteiger partial charge on any atom is -0.495 e. The molecule has 0 bridgehead atoms. The summed E-state index contributed by atoms with van der Waals surface area (Å²) in [6, 6.07) is 12.4. The van der Waals surface area contributed by atoms with Crippen LogP contribution in [-0.4, -0.2) is 40.7 Å². The lowest BCUT2D eigenvalue weighted by molar-refractivity contribution is 0.417. The maximum absolute atomic E-state index is 12.8. The first-order valence-corrected chi connectivity index (χ1v) is 10.4. The van der Waals surface area contributed by atoms with Gasteiger partial charge >= 0.3 is 0 Å². The smallest absolute Gasteiger partial charge is 0.262 e. The van der Waals surface area contributed by atoms with E-state index in [-0.39, 0.29) is 10.9 Å². The van der Waals surface area contributed by atoms with Crippen LogP contribution in [0.2, 0.25) is 0 Å². The third-order valence-electron chi connectivity index (χ3n) is 4.73. The number of piperazine rings is 1. The molecule has 1 fully saturated rings. The van der Waals surface area contributed by atoms with Crippen molar-refractivity contribution in [1.29, 1.82) is 0 Å². The number of para-hydroxylation sites is 2. The van der Waals surface area contributed by atoms with Crippen molar-refractivity contribution < 1.29 is 13.2 Å². The average Bonchev–Trinajstić information content (AvgIpc) is 2.64. The first-order valence-electron chi connectivity index (χ1n) is 8.87. The number of hydrogen-bond acceptors (Lipinski definition) is 6. The van der Waals surface area contributed by atoms with Gasteiger partial charge < -0.3 is 20.7 Å². The van der Waals surface area contributed by atoms with Gasteiger partial charge in [-0.25, -0.2) is 8.42 Å². The molecule has 4 N–H and O–H groups in total. The number of nitrogens with two attached hydrogens (primary N) is 1. The summed E-state index contributed by atoms with van der Waals surface area (Å²) in [5, 5.41) is 3.42. The van der Waals surface area contributed by atoms with E-state index in [4.69, 9.17) is 10.5 Å². The summed E-state index contributed by atoms with van der Waals surface area (Å²) in [7, 11) is -2.29. The van der Waals surface area contributed by atoms with Crippen LogP contribution in [-0.2, 0) is 10.0 Å². The highest BCUT2D eigenvalue weighted by Gasteiger charge is 2.25. The highest BCUT2D eigenvalue weighted by atomic mass is 32.2. The SMILES string of the molecule is COc1ccccc1NS(=O)(=O)c1ccc(N2CC(C)NCC2C)c(N)c1. The number of benzene rings is 2. The zero-order valence-corrected chi connectivity index (χ0v) is 16.6. The molecule has 0 amide bonds. The molecule has 0 radical (unpaired) electrons. The standard InChI is InChI=1S/C19H26N4O3S/c1-13-12-23(14(2)11-21-13)18-9-8-15(10-16(18)20)27(24,25)22-17-6-4-5-7-19(17)26-3/h4-10,13-14,21-22H,11-12,20H2,1-3H3. The van der Waals surface area contributed by atoms with E-state index >= 15 is 0 Å². The number of nitrogens with zero attached hydrogens (tertiary/aromatic N) is 1. The van der Waals surface area contributed by atoms with Crippen LogP contribution in [0.15, 0.2) is 47.4 Å². The largest absolute Gasteiger partial charge is 0.495 e. The first kappa shape index (κ1) is 19.3. The van der Waals surface area contributed by atoms with Gasteiger partial charge in [-0.1, -0.05) is 12.1 Å². The zero-order chi connectivity index (χ0) is 19.6. The summed E-state index contributed by atoms with van der Waals surface area (Å²) < 4.78 is 33.3. The zero-order valence-electron chi connectivity index (χ0n) is 15.8. The highest BCUT2D eigenvalue weighted by Crippen LogP contribution is 2.31. The minimum atomic E-state index is -3.78. The number of nitrogens with one attached hydrogen (secondary N) is 2. The highest BCUT2D eigenvalue weighted by molar-refractivity contribution is 7.92. The predicted molar refractivity (Wildman–Crippen MR) is 109 cm³/mol. The van der Waals surface area contributed by atoms with Crippen LogP contribution < -0.4 is 25.4 Å². The van der Waals surface area contributed by atoms with Crippen LogP contribution in [0.25, 0.3) is 0 Å². The molecule has 0 spiro atoms. The van der Waals surface area contributed by atoms with E-state index < -0.39 is 10.0 Å². The Labute approximate surface area is 160 Å². The van der Waals surface area contributed by atoms with Crippen molar-refractivity contribution in [3.8, 4) is 5.75 Å². The van der Waals surface area contributed by atoms with Gasteiger partial charge in [0, 0.05) is 25.2 Å². The van der Waals surface area contributed by atoms with Crippen molar-refractivity contribution in [3.05, 3.63) is 42.5 Å². The maximum atomic E-state index is 12.8. The molecule has 146 valence electrons. The normalized spacial score (nSPS) is 20.3. The predicted octanol–water partition coefficient (Wildman–Crippen LogP) is 2.26. The number of methoxy groups -OCH3 is 1. The summed E-state index contributed by atoms with van der Waals surface area (Å²) in [6.45, 7) is 5.91. The summed E-state index contributed by atoms with van der Waals surface area (Å²) in [5.41, 5.74) is 7.91. The third kappa shape index (κ3) is 4.12. The van der Waals surface area contributed by atoms with Crippen LogP contribution in [0.4, 0.5) is 17.1 Å². The fourth-order valence-corrected chi connectivity index (χ4v) is 4.36. The van der Waals surface area contributed by atoms with Crippen LogP contribution >= 0.6 is 0 Å². The molecule has 0 aliphatic carbocycles. The molecule has 2 aromatic carbocycles. The van der Waals surface area contributed by atoms with Crippen molar-refractivity contribution in [1.82, 2.24) is 5.32 Å². The van der Waals surface area contributed by atoms with Crippen LogP contribution in [0.5, 0.6) is 5.75 Å². The number of nitrogen functional groups attached to an aromatic ring is 1. The Morgan fingerprint density at radius 3 is 2.67 bits per heavy atom. The number of anilines is 3. The monoisotopic (exact) mass is 390 g/mol. The molecule has 2 atom stereocenters. The fraction of sp³-hybridized carbons (Fsp3) is 0.368. The summed E-state index contributed by atoms with van der Waals surface area (Å²) in [5.74, 6) is 0.453. The lowest BCUT2D eigenvalue weighted by Gasteiger charge is -2.39. The minimum absolute atomic E-state index is 0.116. The number of ether oxygens (including phenoxy) is 1. The second kappa shape index (κ2) is 7.66. The Morgan fingerprint density at radius 1 is 1.22 bits per heavy atom. The van der Waals surface area contributed by atoms with Gasteiger partial charge in [-0.3, -0.25) is 4.72 Å². The van der Waals surface area contributed by atoms with E-state index in [1.807, 2.05) is 0 Å². The second-order valence-corrected chi connectivity index (χ2v) is 8.52. The Hall–Kier alpha value is -2.45. The Morgan fingerprint density at radius 2 is 1.96 bits per heavy atom. The van der Waals surface area contributed by atoms with Crippen molar-refractivity contribution in [2.45, 2.75) is 30.8 Å². The van der Waals surface area contributed by atoms with E-state index in [0.29, 0.717) is 23.2 Å². The van der Waals surface area contributed by atoms with Gasteiger partial charge in [0.2, 0.25) is 0 Å². The van der Waals surface area contributed by atoms with Gasteiger partial charge in [0.25, 0.3) is 10.0 Å². The lowest BCUT2D eigenvalue weighted by Crippen LogP contribution is -2.54. The summed E-state index contributed by atoms with van der Waals surface area (Å²) in [4.78, 5) is 2.33. The topological polar surface area (TPSA) is 96.7 Å². The molecule has 2 unspecified atom stereocenters. The Balaban J connectivity index is 1.88. The molecule has 1 heterocycles.